The van der Waals surface area contributed by atoms with Crippen molar-refractivity contribution in [2.45, 2.75) is 0 Å². The highest BCUT2D eigenvalue weighted by Crippen LogP contribution is 2.54. The van der Waals surface area contributed by atoms with Crippen LogP contribution in [-0.4, -0.2) is 4.92 Å². The number of ether oxygens (including phenoxy) is 2. The van der Waals surface area contributed by atoms with Gasteiger partial charge in [0.05, 0.1) is 4.92 Å². The molecule has 2 aliphatic heterocycles. The molecule has 0 saturated carbocycles. The maximum absolute atomic E-state index is 11.8. The van der Waals surface area contributed by atoms with Gasteiger partial charge in [-0.05, 0) is 35.0 Å². The first kappa shape index (κ1) is 19.6. The second-order valence-electron chi connectivity index (χ2n) is 8.54. The molecule has 5 aromatic carbocycles. The third-order valence-electron chi connectivity index (χ3n) is 6.59. The maximum Gasteiger partial charge on any atom is 0.270 e. The van der Waals surface area contributed by atoms with E-state index in [0.29, 0.717) is 17.1 Å². The topological polar surface area (TPSA) is 61.6 Å². The van der Waals surface area contributed by atoms with Gasteiger partial charge in [-0.1, -0.05) is 66.7 Å². The molecule has 2 aliphatic rings. The highest BCUT2D eigenvalue weighted by atomic mass is 16.6. The lowest BCUT2D eigenvalue weighted by Crippen LogP contribution is -2.10. The highest BCUT2D eigenvalue weighted by molar-refractivity contribution is 6.15. The monoisotopic (exact) mass is 455 g/mol. The summed E-state index contributed by atoms with van der Waals surface area (Å²) in [5, 5.41) is 13.8. The van der Waals surface area contributed by atoms with Gasteiger partial charge >= 0.3 is 0 Å². The lowest BCUT2D eigenvalue weighted by atomic mass is 9.81. The number of nitro benzene ring substituents is 1. The third kappa shape index (κ3) is 2.88. The number of fused-ring (bicyclic) bond motifs is 6. The summed E-state index contributed by atoms with van der Waals surface area (Å²) in [6.45, 7) is 0. The van der Waals surface area contributed by atoms with Crippen LogP contribution in [0.1, 0.15) is 22.3 Å². The van der Waals surface area contributed by atoms with Gasteiger partial charge in [0, 0.05) is 45.5 Å². The zero-order valence-corrected chi connectivity index (χ0v) is 18.4. The summed E-state index contributed by atoms with van der Waals surface area (Å²) in [5.74, 6) is 2.79. The van der Waals surface area contributed by atoms with Crippen molar-refractivity contribution >= 4 is 27.6 Å². The van der Waals surface area contributed by atoms with Gasteiger partial charge < -0.3 is 9.47 Å². The smallest absolute Gasteiger partial charge is 0.270 e. The van der Waals surface area contributed by atoms with Crippen molar-refractivity contribution in [3.63, 3.8) is 0 Å². The molecule has 5 nitrogen and oxygen atoms in total. The van der Waals surface area contributed by atoms with Gasteiger partial charge in [0.25, 0.3) is 5.69 Å². The van der Waals surface area contributed by atoms with E-state index in [1.165, 1.54) is 6.07 Å². The number of nitro groups is 1. The van der Waals surface area contributed by atoms with Crippen LogP contribution in [0.4, 0.5) is 5.69 Å². The SMILES string of the molecule is O=[N+]([O-])c1ccc2c(c1)C(=C1c3ccccc3Oc3ccccc31)c1c(ccc3ccccc13)O2. The van der Waals surface area contributed by atoms with Crippen LogP contribution in [0, 0.1) is 10.1 Å². The average molecular weight is 455 g/mol. The number of rotatable bonds is 1. The second-order valence-corrected chi connectivity index (χ2v) is 8.54. The molecule has 0 unspecified atom stereocenters. The molecule has 0 bridgehead atoms. The van der Waals surface area contributed by atoms with Crippen LogP contribution < -0.4 is 9.47 Å². The lowest BCUT2D eigenvalue weighted by Gasteiger charge is -2.30. The summed E-state index contributed by atoms with van der Waals surface area (Å²) in [5.41, 5.74) is 5.33. The molecule has 0 aromatic heterocycles. The van der Waals surface area contributed by atoms with Gasteiger partial charge in [0.15, 0.2) is 0 Å². The van der Waals surface area contributed by atoms with Crippen LogP contribution in [-0.2, 0) is 0 Å². The predicted octanol–water partition coefficient (Wildman–Crippen LogP) is 7.97. The van der Waals surface area contributed by atoms with Crippen molar-refractivity contribution in [3.8, 4) is 23.0 Å². The molecule has 0 aliphatic carbocycles. The standard InChI is InChI=1S/C30H17NO4/c32-31(33)19-14-16-26-23(17-19)30(29-20-8-2-1-7-18(20)13-15-27(29)35-26)28-21-9-3-5-11-24(21)34-25-12-6-4-10-22(25)28/h1-17H. The second kappa shape index (κ2) is 7.30. The van der Waals surface area contributed by atoms with E-state index in [0.717, 1.165) is 50.1 Å². The van der Waals surface area contributed by atoms with E-state index in [1.54, 1.807) is 12.1 Å². The van der Waals surface area contributed by atoms with Crippen molar-refractivity contribution < 1.29 is 14.4 Å². The van der Waals surface area contributed by atoms with Gasteiger partial charge in [-0.3, -0.25) is 10.1 Å². The molecule has 0 N–H and O–H groups in total. The summed E-state index contributed by atoms with van der Waals surface area (Å²) >= 11 is 0. The Morgan fingerprint density at radius 3 is 1.91 bits per heavy atom. The van der Waals surface area contributed by atoms with E-state index < -0.39 is 0 Å². The molecule has 2 heterocycles. The van der Waals surface area contributed by atoms with E-state index in [9.17, 15) is 10.1 Å². The minimum atomic E-state index is -0.368. The van der Waals surface area contributed by atoms with Crippen molar-refractivity contribution in [1.82, 2.24) is 0 Å². The Labute approximate surface area is 200 Å². The first-order valence-corrected chi connectivity index (χ1v) is 11.3. The summed E-state index contributed by atoms with van der Waals surface area (Å²) in [6.07, 6.45) is 0. The number of non-ortho nitro benzene ring substituents is 1. The van der Waals surface area contributed by atoms with Crippen LogP contribution in [0.15, 0.2) is 103 Å². The van der Waals surface area contributed by atoms with E-state index in [2.05, 4.69) is 12.1 Å². The van der Waals surface area contributed by atoms with Gasteiger partial charge in [0.2, 0.25) is 0 Å². The maximum atomic E-state index is 11.8. The fourth-order valence-corrected chi connectivity index (χ4v) is 5.08. The molecule has 0 radical (unpaired) electrons. The minimum Gasteiger partial charge on any atom is -0.456 e. The molecule has 7 rings (SSSR count). The number of hydrogen-bond donors (Lipinski definition) is 0. The van der Waals surface area contributed by atoms with Crippen molar-refractivity contribution in [1.29, 1.82) is 0 Å². The van der Waals surface area contributed by atoms with Gasteiger partial charge in [0.1, 0.15) is 23.0 Å². The number of para-hydroxylation sites is 2. The minimum absolute atomic E-state index is 0.0165. The summed E-state index contributed by atoms with van der Waals surface area (Å²) in [6, 6.07) is 32.7. The Morgan fingerprint density at radius 2 is 1.17 bits per heavy atom. The normalized spacial score (nSPS) is 13.1. The Balaban J connectivity index is 1.70. The molecule has 0 saturated heterocycles. The third-order valence-corrected chi connectivity index (χ3v) is 6.59. The van der Waals surface area contributed by atoms with Crippen LogP contribution in [0.3, 0.4) is 0 Å². The summed E-state index contributed by atoms with van der Waals surface area (Å²) in [4.78, 5) is 11.4. The van der Waals surface area contributed by atoms with Crippen LogP contribution in [0.2, 0.25) is 0 Å². The molecule has 166 valence electrons. The average Bonchev–Trinajstić information content (AvgIpc) is 2.90. The number of benzene rings is 5. The molecule has 0 atom stereocenters. The predicted molar refractivity (Wildman–Crippen MR) is 135 cm³/mol. The van der Waals surface area contributed by atoms with E-state index >= 15 is 0 Å². The first-order chi connectivity index (χ1) is 17.2. The Kier molecular flexibility index (Phi) is 4.08. The molecule has 5 heteroatoms. The summed E-state index contributed by atoms with van der Waals surface area (Å²) < 4.78 is 12.6. The molecule has 5 aromatic rings. The Bertz CT molecular complexity index is 1690. The largest absolute Gasteiger partial charge is 0.456 e. The molecular formula is C30H17NO4. The fraction of sp³-hybridized carbons (Fsp3) is 0. The Morgan fingerprint density at radius 1 is 0.571 bits per heavy atom. The first-order valence-electron chi connectivity index (χ1n) is 11.3. The lowest BCUT2D eigenvalue weighted by molar-refractivity contribution is -0.384. The number of hydrogen-bond acceptors (Lipinski definition) is 4. The van der Waals surface area contributed by atoms with Crippen LogP contribution >= 0.6 is 0 Å². The zero-order valence-electron chi connectivity index (χ0n) is 18.4. The van der Waals surface area contributed by atoms with Crippen molar-refractivity contribution in [2.24, 2.45) is 0 Å². The molecular weight excluding hydrogens is 438 g/mol. The van der Waals surface area contributed by atoms with Crippen LogP contribution in [0.5, 0.6) is 23.0 Å². The van der Waals surface area contributed by atoms with Crippen molar-refractivity contribution in [3.05, 3.63) is 135 Å². The summed E-state index contributed by atoms with van der Waals surface area (Å²) in [7, 11) is 0. The molecule has 0 spiro atoms. The Hall–Kier alpha value is -4.90. The molecule has 0 fully saturated rings. The van der Waals surface area contributed by atoms with Gasteiger partial charge in [-0.25, -0.2) is 0 Å². The van der Waals surface area contributed by atoms with Crippen LogP contribution in [0.25, 0.3) is 21.9 Å². The highest BCUT2D eigenvalue weighted by Gasteiger charge is 2.33. The van der Waals surface area contributed by atoms with Gasteiger partial charge in [-0.15, -0.1) is 0 Å². The van der Waals surface area contributed by atoms with E-state index in [4.69, 9.17) is 9.47 Å². The quantitative estimate of drug-likeness (QED) is 0.186. The number of nitrogens with zero attached hydrogens (tertiary/aromatic N) is 1. The zero-order chi connectivity index (χ0) is 23.5. The molecule has 0 amide bonds. The van der Waals surface area contributed by atoms with E-state index in [1.807, 2.05) is 72.8 Å². The van der Waals surface area contributed by atoms with Gasteiger partial charge in [-0.2, -0.15) is 0 Å². The fourth-order valence-electron chi connectivity index (χ4n) is 5.08. The van der Waals surface area contributed by atoms with Crippen molar-refractivity contribution in [2.75, 3.05) is 0 Å². The molecule has 35 heavy (non-hydrogen) atoms. The van der Waals surface area contributed by atoms with E-state index in [-0.39, 0.29) is 10.6 Å².